The lowest BCUT2D eigenvalue weighted by atomic mass is 10.3. The second-order valence-corrected chi connectivity index (χ2v) is 4.30. The van der Waals surface area contributed by atoms with Gasteiger partial charge in [-0.15, -0.1) is 0 Å². The molecule has 0 saturated carbocycles. The molecule has 1 aliphatic heterocycles. The Morgan fingerprint density at radius 3 is 2.00 bits per heavy atom. The number of esters is 4. The molecule has 1 saturated heterocycles. The quantitative estimate of drug-likeness (QED) is 0.247. The van der Waals surface area contributed by atoms with Gasteiger partial charge in [-0.25, -0.2) is 14.4 Å². The summed E-state index contributed by atoms with van der Waals surface area (Å²) in [5.41, 5.74) is 0.414. The largest absolute Gasteiger partial charge is 0.458 e. The van der Waals surface area contributed by atoms with E-state index in [4.69, 9.17) is 5.11 Å². The zero-order chi connectivity index (χ0) is 19.8. The zero-order valence-corrected chi connectivity index (χ0v) is 14.1. The smallest absolute Gasteiger partial charge is 0.343 e. The first-order valence-electron chi connectivity index (χ1n) is 6.95. The lowest BCUT2D eigenvalue weighted by molar-refractivity contribution is -0.154. The Bertz CT molecular complexity index is 533. The highest BCUT2D eigenvalue weighted by molar-refractivity contribution is 5.95. The van der Waals surface area contributed by atoms with Crippen LogP contribution in [-0.2, 0) is 33.4 Å². The Kier molecular flexibility index (Phi) is 14.1. The zero-order valence-electron chi connectivity index (χ0n) is 14.1. The predicted octanol–water partition coefficient (Wildman–Crippen LogP) is 1.01. The summed E-state index contributed by atoms with van der Waals surface area (Å²) >= 11 is 0. The molecule has 0 aromatic carbocycles. The molecule has 0 bridgehead atoms. The summed E-state index contributed by atoms with van der Waals surface area (Å²) in [6.45, 7) is 15.5. The second-order valence-electron chi connectivity index (χ2n) is 4.30. The van der Waals surface area contributed by atoms with Crippen molar-refractivity contribution in [3.8, 4) is 0 Å². The van der Waals surface area contributed by atoms with Gasteiger partial charge in [0.25, 0.3) is 0 Å². The van der Waals surface area contributed by atoms with Crippen molar-refractivity contribution in [1.29, 1.82) is 0 Å². The fourth-order valence-corrected chi connectivity index (χ4v) is 0.921. The summed E-state index contributed by atoms with van der Waals surface area (Å²) in [5, 5.41) is 8.47. The van der Waals surface area contributed by atoms with Gasteiger partial charge >= 0.3 is 23.9 Å². The minimum atomic E-state index is -1.22. The van der Waals surface area contributed by atoms with E-state index >= 15 is 0 Å². The van der Waals surface area contributed by atoms with Gasteiger partial charge in [0.2, 0.25) is 0 Å². The van der Waals surface area contributed by atoms with E-state index in [1.807, 2.05) is 0 Å². The maximum atomic E-state index is 10.5. The van der Waals surface area contributed by atoms with Crippen LogP contribution in [0.4, 0.5) is 0 Å². The van der Waals surface area contributed by atoms with Gasteiger partial charge in [-0.05, 0) is 6.92 Å². The fourth-order valence-electron chi connectivity index (χ4n) is 0.921. The highest BCUT2D eigenvalue weighted by atomic mass is 16.6. The van der Waals surface area contributed by atoms with E-state index in [2.05, 4.69) is 40.5 Å². The van der Waals surface area contributed by atoms with Crippen molar-refractivity contribution in [3.63, 3.8) is 0 Å². The summed E-state index contributed by atoms with van der Waals surface area (Å²) in [6.07, 6.45) is 2.72. The standard InChI is InChI=1S/C7H10O2.C6H8O2.C4H4O4/c1-4-5-9-7(8)6(2)3;1-3-5-8-6(7)4-2;5-2-1-3(6)8-4(2)7/h4H,1-2,5H2,3H3;3-4H,1-2,5H2;2,5H,1H2. The topological polar surface area (TPSA) is 116 Å². The maximum absolute atomic E-state index is 10.5. The van der Waals surface area contributed by atoms with Crippen LogP contribution in [0.25, 0.3) is 0 Å². The monoisotopic (exact) mass is 354 g/mol. The number of rotatable bonds is 6. The second kappa shape index (κ2) is 14.6. The van der Waals surface area contributed by atoms with E-state index in [9.17, 15) is 19.2 Å². The van der Waals surface area contributed by atoms with Crippen molar-refractivity contribution in [2.75, 3.05) is 13.2 Å². The summed E-state index contributed by atoms with van der Waals surface area (Å²) in [4.78, 5) is 40.9. The molecule has 0 amide bonds. The van der Waals surface area contributed by atoms with E-state index in [-0.39, 0.29) is 25.6 Å². The molecule has 0 spiro atoms. The van der Waals surface area contributed by atoms with Crippen LogP contribution in [0.3, 0.4) is 0 Å². The minimum Gasteiger partial charge on any atom is -0.458 e. The summed E-state index contributed by atoms with van der Waals surface area (Å²) in [6, 6.07) is 0. The highest BCUT2D eigenvalue weighted by Gasteiger charge is 2.30. The Balaban J connectivity index is 0. The van der Waals surface area contributed by atoms with Crippen LogP contribution in [0.1, 0.15) is 13.3 Å². The van der Waals surface area contributed by atoms with Crippen LogP contribution in [0, 0.1) is 0 Å². The van der Waals surface area contributed by atoms with Crippen molar-refractivity contribution in [3.05, 3.63) is 50.1 Å². The van der Waals surface area contributed by atoms with Gasteiger partial charge in [0.1, 0.15) is 13.2 Å². The molecular weight excluding hydrogens is 332 g/mol. The van der Waals surface area contributed by atoms with Crippen LogP contribution in [0.5, 0.6) is 0 Å². The molecule has 0 radical (unpaired) electrons. The van der Waals surface area contributed by atoms with Crippen molar-refractivity contribution in [2.45, 2.75) is 19.4 Å². The lowest BCUT2D eigenvalue weighted by Gasteiger charge is -1.97. The first-order chi connectivity index (χ1) is 11.7. The molecule has 1 fully saturated rings. The average molecular weight is 354 g/mol. The van der Waals surface area contributed by atoms with E-state index < -0.39 is 24.0 Å². The number of hydrogen-bond donors (Lipinski definition) is 1. The van der Waals surface area contributed by atoms with E-state index in [1.165, 1.54) is 12.2 Å². The van der Waals surface area contributed by atoms with Crippen molar-refractivity contribution >= 4 is 23.9 Å². The number of carbonyl (C=O) groups excluding carboxylic acids is 4. The summed E-state index contributed by atoms with van der Waals surface area (Å²) in [7, 11) is 0. The first kappa shape index (κ1) is 24.3. The van der Waals surface area contributed by atoms with Crippen LogP contribution in [0.2, 0.25) is 0 Å². The lowest BCUT2D eigenvalue weighted by Crippen LogP contribution is -2.11. The van der Waals surface area contributed by atoms with Gasteiger partial charge in [-0.1, -0.05) is 38.5 Å². The SMILES string of the molecule is C=CCOC(=O)C(=C)C.C=CCOC(=O)C=C.O=C1CC(O)C(=O)O1. The third-order valence-electron chi connectivity index (χ3n) is 2.04. The Hall–Kier alpha value is -3.00. The van der Waals surface area contributed by atoms with Crippen LogP contribution >= 0.6 is 0 Å². The van der Waals surface area contributed by atoms with Gasteiger partial charge in [0, 0.05) is 11.6 Å². The van der Waals surface area contributed by atoms with Gasteiger partial charge in [0.05, 0.1) is 6.42 Å². The fraction of sp³-hybridized carbons (Fsp3) is 0.294. The van der Waals surface area contributed by atoms with E-state index in [0.29, 0.717) is 5.57 Å². The predicted molar refractivity (Wildman–Crippen MR) is 89.0 cm³/mol. The molecule has 1 N–H and O–H groups in total. The van der Waals surface area contributed by atoms with Crippen molar-refractivity contribution < 1.29 is 38.5 Å². The number of ether oxygens (including phenoxy) is 3. The summed E-state index contributed by atoms with van der Waals surface area (Å²) < 4.78 is 13.0. The number of cyclic esters (lactones) is 2. The molecule has 1 aliphatic rings. The third-order valence-corrected chi connectivity index (χ3v) is 2.04. The summed E-state index contributed by atoms with van der Waals surface area (Å²) in [5.74, 6) is -2.27. The molecule has 8 nitrogen and oxygen atoms in total. The van der Waals surface area contributed by atoms with Crippen LogP contribution in [0.15, 0.2) is 50.1 Å². The van der Waals surface area contributed by atoms with Crippen molar-refractivity contribution in [2.24, 2.45) is 0 Å². The number of aliphatic hydroxyl groups is 1. The van der Waals surface area contributed by atoms with E-state index in [1.54, 1.807) is 6.92 Å². The number of carbonyl (C=O) groups is 4. The van der Waals surface area contributed by atoms with E-state index in [0.717, 1.165) is 6.08 Å². The molecule has 0 aliphatic carbocycles. The molecule has 1 rings (SSSR count). The maximum Gasteiger partial charge on any atom is 0.343 e. The molecular formula is C17H22O8. The van der Waals surface area contributed by atoms with Gasteiger partial charge < -0.3 is 19.3 Å². The third kappa shape index (κ3) is 14.3. The molecule has 0 aromatic rings. The normalized spacial score (nSPS) is 14.4. The molecule has 1 atom stereocenters. The number of hydrogen-bond acceptors (Lipinski definition) is 8. The highest BCUT2D eigenvalue weighted by Crippen LogP contribution is 2.05. The molecule has 1 heterocycles. The van der Waals surface area contributed by atoms with Gasteiger partial charge in [-0.3, -0.25) is 4.79 Å². The number of aliphatic hydroxyl groups excluding tert-OH is 1. The van der Waals surface area contributed by atoms with Crippen LogP contribution in [-0.4, -0.2) is 48.3 Å². The molecule has 25 heavy (non-hydrogen) atoms. The van der Waals surface area contributed by atoms with Crippen molar-refractivity contribution in [1.82, 2.24) is 0 Å². The van der Waals surface area contributed by atoms with Gasteiger partial charge in [-0.2, -0.15) is 0 Å². The van der Waals surface area contributed by atoms with Gasteiger partial charge in [0.15, 0.2) is 6.10 Å². The Morgan fingerprint density at radius 1 is 1.20 bits per heavy atom. The molecule has 138 valence electrons. The Labute approximate surface area is 146 Å². The molecule has 8 heteroatoms. The molecule has 0 aromatic heterocycles. The first-order valence-corrected chi connectivity index (χ1v) is 6.95. The molecule has 1 unspecified atom stereocenters. The average Bonchev–Trinajstić information content (AvgIpc) is 2.87. The minimum absolute atomic E-state index is 0.196. The van der Waals surface area contributed by atoms with Crippen LogP contribution < -0.4 is 0 Å². The Morgan fingerprint density at radius 2 is 1.72 bits per heavy atom.